The fourth-order valence-corrected chi connectivity index (χ4v) is 3.65. The Morgan fingerprint density at radius 2 is 2.00 bits per heavy atom. The minimum Gasteiger partial charge on any atom is -0.481 e. The molecule has 0 bridgehead atoms. The van der Waals surface area contributed by atoms with Gasteiger partial charge < -0.3 is 14.9 Å². The number of benzene rings is 1. The van der Waals surface area contributed by atoms with Gasteiger partial charge in [0, 0.05) is 37.5 Å². The maximum absolute atomic E-state index is 13.0. The Kier molecular flexibility index (Phi) is 6.26. The highest BCUT2D eigenvalue weighted by atomic mass is 16.4. The van der Waals surface area contributed by atoms with Crippen LogP contribution >= 0.6 is 0 Å². The largest absolute Gasteiger partial charge is 0.481 e. The van der Waals surface area contributed by atoms with E-state index in [0.717, 1.165) is 16.8 Å². The van der Waals surface area contributed by atoms with Gasteiger partial charge in [0.25, 0.3) is 5.91 Å². The fourth-order valence-electron chi connectivity index (χ4n) is 3.65. The highest BCUT2D eigenvalue weighted by molar-refractivity contribution is 5.99. The van der Waals surface area contributed by atoms with Crippen molar-refractivity contribution in [3.8, 4) is 11.3 Å². The number of carboxylic acid groups (broad SMARTS) is 1. The zero-order valence-electron chi connectivity index (χ0n) is 16.7. The van der Waals surface area contributed by atoms with Crippen molar-refractivity contribution in [3.63, 3.8) is 0 Å². The number of pyridine rings is 1. The fraction of sp³-hybridized carbons (Fsp3) is 0.364. The minimum atomic E-state index is -0.881. The van der Waals surface area contributed by atoms with Gasteiger partial charge in [-0.2, -0.15) is 0 Å². The normalized spacial score (nSPS) is 16.3. The number of aliphatic carboxylic acids is 1. The molecule has 1 aliphatic heterocycles. The molecule has 7 nitrogen and oxygen atoms in total. The maximum atomic E-state index is 13.0. The van der Waals surface area contributed by atoms with E-state index in [2.05, 4.69) is 4.98 Å². The summed E-state index contributed by atoms with van der Waals surface area (Å²) in [6, 6.07) is 11.1. The van der Waals surface area contributed by atoms with Gasteiger partial charge in [0.2, 0.25) is 5.91 Å². The van der Waals surface area contributed by atoms with E-state index in [1.807, 2.05) is 37.3 Å². The van der Waals surface area contributed by atoms with Gasteiger partial charge in [-0.3, -0.25) is 19.4 Å². The maximum Gasteiger partial charge on any atom is 0.308 e. The lowest BCUT2D eigenvalue weighted by Crippen LogP contribution is -2.47. The summed E-state index contributed by atoms with van der Waals surface area (Å²) in [6.07, 6.45) is 2.94. The molecule has 152 valence electrons. The van der Waals surface area contributed by atoms with Crippen LogP contribution in [0.4, 0.5) is 0 Å². The molecular formula is C22H25N3O4. The molecule has 0 radical (unpaired) electrons. The number of nitrogens with zero attached hydrogens (tertiary/aromatic N) is 3. The van der Waals surface area contributed by atoms with Crippen LogP contribution in [0.3, 0.4) is 0 Å². The van der Waals surface area contributed by atoms with Crippen LogP contribution in [0.1, 0.15) is 28.8 Å². The first-order chi connectivity index (χ1) is 13.9. The Morgan fingerprint density at radius 3 is 2.69 bits per heavy atom. The molecule has 3 rings (SSSR count). The highest BCUT2D eigenvalue weighted by Gasteiger charge is 2.29. The number of carbonyl (C=O) groups is 3. The molecule has 2 amide bonds. The molecule has 2 heterocycles. The molecule has 1 unspecified atom stereocenters. The highest BCUT2D eigenvalue weighted by Crippen LogP contribution is 2.25. The third-order valence-electron chi connectivity index (χ3n) is 5.35. The summed E-state index contributed by atoms with van der Waals surface area (Å²) < 4.78 is 0. The van der Waals surface area contributed by atoms with Crippen molar-refractivity contribution in [2.24, 2.45) is 5.92 Å². The van der Waals surface area contributed by atoms with Gasteiger partial charge in [-0.05, 0) is 43.5 Å². The van der Waals surface area contributed by atoms with E-state index in [1.54, 1.807) is 24.2 Å². The summed E-state index contributed by atoms with van der Waals surface area (Å²) in [7, 11) is 1.59. The molecular weight excluding hydrogens is 370 g/mol. The number of likely N-dealkylation sites (N-methyl/N-ethyl adjacent to an activating group) is 1. The monoisotopic (exact) mass is 395 g/mol. The molecule has 1 aromatic carbocycles. The molecule has 0 saturated carbocycles. The smallest absolute Gasteiger partial charge is 0.308 e. The summed E-state index contributed by atoms with van der Waals surface area (Å²) in [5.74, 6) is -1.90. The number of carboxylic acids is 1. The van der Waals surface area contributed by atoms with Crippen LogP contribution in [0.15, 0.2) is 42.6 Å². The number of likely N-dealkylation sites (tertiary alicyclic amines) is 1. The van der Waals surface area contributed by atoms with Crippen LogP contribution in [0.2, 0.25) is 0 Å². The summed E-state index contributed by atoms with van der Waals surface area (Å²) >= 11 is 0. The molecule has 29 heavy (non-hydrogen) atoms. The van der Waals surface area contributed by atoms with E-state index < -0.39 is 11.9 Å². The molecule has 0 aliphatic carbocycles. The average Bonchev–Trinajstić information content (AvgIpc) is 2.74. The number of piperidine rings is 1. The van der Waals surface area contributed by atoms with E-state index in [4.69, 9.17) is 0 Å². The van der Waals surface area contributed by atoms with Crippen molar-refractivity contribution >= 4 is 17.8 Å². The van der Waals surface area contributed by atoms with Crippen LogP contribution in [-0.4, -0.2) is 64.4 Å². The van der Waals surface area contributed by atoms with E-state index in [0.29, 0.717) is 24.9 Å². The lowest BCUT2D eigenvalue weighted by molar-refractivity contribution is -0.145. The standard InChI is InChI=1S/C22H25N3O4/c1-15-17(19-10-3-4-11-23-19)8-5-9-18(15)21(27)24(2)14-20(26)25-12-6-7-16(13-25)22(28)29/h3-5,8-11,16H,6-7,12-14H2,1-2H3,(H,28,29). The number of aromatic nitrogens is 1. The number of carbonyl (C=O) groups excluding carboxylic acids is 2. The van der Waals surface area contributed by atoms with Crippen LogP contribution in [0.25, 0.3) is 11.3 Å². The van der Waals surface area contributed by atoms with Crippen molar-refractivity contribution < 1.29 is 19.5 Å². The molecule has 1 N–H and O–H groups in total. The van der Waals surface area contributed by atoms with Crippen LogP contribution in [-0.2, 0) is 9.59 Å². The molecule has 0 spiro atoms. The zero-order chi connectivity index (χ0) is 21.0. The van der Waals surface area contributed by atoms with Gasteiger partial charge in [-0.15, -0.1) is 0 Å². The first-order valence-electron chi connectivity index (χ1n) is 9.65. The number of rotatable bonds is 5. The van der Waals surface area contributed by atoms with Gasteiger partial charge in [-0.1, -0.05) is 18.2 Å². The van der Waals surface area contributed by atoms with Crippen molar-refractivity contribution in [2.45, 2.75) is 19.8 Å². The summed E-state index contributed by atoms with van der Waals surface area (Å²) in [5.41, 5.74) is 2.98. The van der Waals surface area contributed by atoms with Crippen molar-refractivity contribution in [2.75, 3.05) is 26.7 Å². The third kappa shape index (κ3) is 4.62. The quantitative estimate of drug-likeness (QED) is 0.840. The van der Waals surface area contributed by atoms with E-state index in [9.17, 15) is 19.5 Å². The zero-order valence-corrected chi connectivity index (χ0v) is 16.7. The second kappa shape index (κ2) is 8.86. The van der Waals surface area contributed by atoms with E-state index in [-0.39, 0.29) is 24.9 Å². The van der Waals surface area contributed by atoms with Crippen LogP contribution in [0.5, 0.6) is 0 Å². The van der Waals surface area contributed by atoms with Gasteiger partial charge in [0.15, 0.2) is 0 Å². The molecule has 1 saturated heterocycles. The molecule has 2 aromatic rings. The van der Waals surface area contributed by atoms with Gasteiger partial charge in [0.1, 0.15) is 0 Å². The van der Waals surface area contributed by atoms with Crippen molar-refractivity contribution in [3.05, 3.63) is 53.7 Å². The first-order valence-corrected chi connectivity index (χ1v) is 9.65. The Hall–Kier alpha value is -3.22. The van der Waals surface area contributed by atoms with Gasteiger partial charge in [-0.25, -0.2) is 0 Å². The van der Waals surface area contributed by atoms with Gasteiger partial charge in [0.05, 0.1) is 18.2 Å². The molecule has 1 fully saturated rings. The Morgan fingerprint density at radius 1 is 1.21 bits per heavy atom. The lowest BCUT2D eigenvalue weighted by Gasteiger charge is -2.32. The Bertz CT molecular complexity index is 914. The molecule has 7 heteroatoms. The van der Waals surface area contributed by atoms with E-state index >= 15 is 0 Å². The summed E-state index contributed by atoms with van der Waals surface area (Å²) in [6.45, 7) is 2.51. The predicted octanol–water partition coefficient (Wildman–Crippen LogP) is 2.45. The van der Waals surface area contributed by atoms with Gasteiger partial charge >= 0.3 is 5.97 Å². The van der Waals surface area contributed by atoms with Crippen molar-refractivity contribution in [1.82, 2.24) is 14.8 Å². The van der Waals surface area contributed by atoms with Crippen LogP contribution < -0.4 is 0 Å². The first kappa shape index (κ1) is 20.5. The number of amides is 2. The predicted molar refractivity (Wildman–Crippen MR) is 108 cm³/mol. The lowest BCUT2D eigenvalue weighted by atomic mass is 9.98. The number of hydrogen-bond donors (Lipinski definition) is 1. The average molecular weight is 395 g/mol. The van der Waals surface area contributed by atoms with Crippen LogP contribution in [0, 0.1) is 12.8 Å². The van der Waals surface area contributed by atoms with E-state index in [1.165, 1.54) is 4.90 Å². The second-order valence-corrected chi connectivity index (χ2v) is 7.37. The molecule has 1 aromatic heterocycles. The Labute approximate surface area is 170 Å². The summed E-state index contributed by atoms with van der Waals surface area (Å²) in [5, 5.41) is 9.20. The second-order valence-electron chi connectivity index (χ2n) is 7.37. The third-order valence-corrected chi connectivity index (χ3v) is 5.35. The topological polar surface area (TPSA) is 90.8 Å². The Balaban J connectivity index is 1.72. The number of hydrogen-bond acceptors (Lipinski definition) is 4. The summed E-state index contributed by atoms with van der Waals surface area (Å²) in [4.78, 5) is 44.1. The molecule has 1 aliphatic rings. The van der Waals surface area contributed by atoms with Crippen molar-refractivity contribution in [1.29, 1.82) is 0 Å². The SMILES string of the molecule is Cc1c(C(=O)N(C)CC(=O)N2CCCC(C(=O)O)C2)cccc1-c1ccccn1. The minimum absolute atomic E-state index is 0.0849. The molecule has 1 atom stereocenters.